The van der Waals surface area contributed by atoms with Gasteiger partial charge in [-0.25, -0.2) is 0 Å². The molecular formula is C9H12N2O2P. The molecule has 5 heteroatoms. The number of fused-ring (bicyclic) bond motifs is 1. The van der Waals surface area contributed by atoms with E-state index in [1.54, 1.807) is 5.01 Å². The van der Waals surface area contributed by atoms with E-state index in [1.807, 2.05) is 37.5 Å². The maximum absolute atomic E-state index is 10.9. The third kappa shape index (κ3) is 1.81. The number of rotatable bonds is 1. The predicted octanol–water partition coefficient (Wildman–Crippen LogP) is 1.01. The van der Waals surface area contributed by atoms with Crippen molar-refractivity contribution < 1.29 is 10.0 Å². The topological polar surface area (TPSA) is 65.9 Å². The second-order valence-corrected chi connectivity index (χ2v) is 3.75. The predicted molar refractivity (Wildman–Crippen MR) is 58.0 cm³/mol. The van der Waals surface area contributed by atoms with E-state index in [4.69, 9.17) is 0 Å². The molecule has 1 radical (unpaired) electrons. The quantitative estimate of drug-likeness (QED) is 0.650. The molecule has 2 rings (SSSR count). The molecule has 0 spiro atoms. The molecule has 0 aromatic heterocycles. The first kappa shape index (κ1) is 10.8. The summed E-state index contributed by atoms with van der Waals surface area (Å²) in [4.78, 5) is 0. The summed E-state index contributed by atoms with van der Waals surface area (Å²) in [5.41, 5.74) is 6.16. The van der Waals surface area contributed by atoms with Gasteiger partial charge >= 0.3 is 0 Å². The standard InChI is InChI=1S/C9H10N2OP.H2O/c1-11-6-9(13-12)7-4-2-3-5-8(7)10-11;/h2-6H,13H2,1H3;1H2. The van der Waals surface area contributed by atoms with Crippen LogP contribution in [0, 0.1) is 0 Å². The summed E-state index contributed by atoms with van der Waals surface area (Å²) in [5, 5.41) is 2.58. The molecule has 4 nitrogen and oxygen atoms in total. The van der Waals surface area contributed by atoms with Crippen molar-refractivity contribution in [3.05, 3.63) is 36.0 Å². The van der Waals surface area contributed by atoms with E-state index >= 15 is 0 Å². The smallest absolute Gasteiger partial charge is 0.0943 e. The summed E-state index contributed by atoms with van der Waals surface area (Å²) < 4.78 is 10.9. The SMILES string of the molecule is CN1C=C([PH2]=O)c2ccccc2[N]1.O. The van der Waals surface area contributed by atoms with E-state index in [1.165, 1.54) is 0 Å². The minimum Gasteiger partial charge on any atom is -0.412 e. The van der Waals surface area contributed by atoms with Gasteiger partial charge in [0.1, 0.15) is 0 Å². The molecule has 75 valence electrons. The molecule has 1 aromatic rings. The molecule has 2 N–H and O–H groups in total. The molecule has 1 aliphatic heterocycles. The lowest BCUT2D eigenvalue weighted by molar-refractivity contribution is 0.380. The molecule has 1 heterocycles. The van der Waals surface area contributed by atoms with Crippen molar-refractivity contribution in [2.24, 2.45) is 0 Å². The highest BCUT2D eigenvalue weighted by atomic mass is 31.1. The van der Waals surface area contributed by atoms with Gasteiger partial charge in [0.05, 0.1) is 14.1 Å². The Bertz CT molecular complexity index is 379. The van der Waals surface area contributed by atoms with Gasteiger partial charge in [-0.05, 0) is 6.07 Å². The highest BCUT2D eigenvalue weighted by molar-refractivity contribution is 7.37. The van der Waals surface area contributed by atoms with Gasteiger partial charge in [-0.2, -0.15) is 5.43 Å². The Morgan fingerprint density at radius 3 is 2.79 bits per heavy atom. The van der Waals surface area contributed by atoms with E-state index in [-0.39, 0.29) is 5.48 Å². The maximum Gasteiger partial charge on any atom is 0.0943 e. The lowest BCUT2D eigenvalue weighted by Gasteiger charge is -2.22. The van der Waals surface area contributed by atoms with Crippen molar-refractivity contribution in [2.75, 3.05) is 7.05 Å². The lowest BCUT2D eigenvalue weighted by Crippen LogP contribution is -2.21. The van der Waals surface area contributed by atoms with E-state index in [0.29, 0.717) is 0 Å². The van der Waals surface area contributed by atoms with E-state index in [9.17, 15) is 4.57 Å². The van der Waals surface area contributed by atoms with Gasteiger partial charge in [-0.3, -0.25) is 5.01 Å². The van der Waals surface area contributed by atoms with E-state index in [0.717, 1.165) is 16.6 Å². The molecule has 1 aromatic carbocycles. The molecule has 0 bridgehead atoms. The summed E-state index contributed by atoms with van der Waals surface area (Å²) >= 11 is 0. The molecule has 0 amide bonds. The van der Waals surface area contributed by atoms with E-state index in [2.05, 4.69) is 5.43 Å². The van der Waals surface area contributed by atoms with Crippen LogP contribution in [0.1, 0.15) is 5.56 Å². The van der Waals surface area contributed by atoms with Crippen LogP contribution < -0.4 is 5.43 Å². The van der Waals surface area contributed by atoms with Crippen molar-refractivity contribution in [1.29, 1.82) is 0 Å². The first-order chi connectivity index (χ1) is 6.31. The first-order valence-electron chi connectivity index (χ1n) is 4.02. The minimum absolute atomic E-state index is 0. The molecule has 0 aliphatic carbocycles. The Kier molecular flexibility index (Phi) is 3.33. The summed E-state index contributed by atoms with van der Waals surface area (Å²) in [6, 6.07) is 7.73. The van der Waals surface area contributed by atoms with Gasteiger partial charge in [-0.15, -0.1) is 0 Å². The Morgan fingerprint density at radius 2 is 2.07 bits per heavy atom. The van der Waals surface area contributed by atoms with E-state index < -0.39 is 8.46 Å². The second kappa shape index (κ2) is 4.31. The van der Waals surface area contributed by atoms with Crippen LogP contribution in [0.5, 0.6) is 0 Å². The van der Waals surface area contributed by atoms with Crippen LogP contribution in [0.15, 0.2) is 30.5 Å². The van der Waals surface area contributed by atoms with Gasteiger partial charge in [0.2, 0.25) is 0 Å². The van der Waals surface area contributed by atoms with Crippen LogP contribution in [-0.2, 0) is 4.57 Å². The summed E-state index contributed by atoms with van der Waals surface area (Å²) in [7, 11) is 0.942. The molecular weight excluding hydrogens is 199 g/mol. The molecule has 0 saturated heterocycles. The zero-order valence-corrected chi connectivity index (χ0v) is 8.92. The first-order valence-corrected chi connectivity index (χ1v) is 5.07. The number of hydrogen-bond acceptors (Lipinski definition) is 2. The summed E-state index contributed by atoms with van der Waals surface area (Å²) in [6.07, 6.45) is 1.81. The normalized spacial score (nSPS) is 14.4. The van der Waals surface area contributed by atoms with Crippen LogP contribution in [-0.4, -0.2) is 17.5 Å². The minimum atomic E-state index is -0.897. The second-order valence-electron chi connectivity index (χ2n) is 2.89. The van der Waals surface area contributed by atoms with Crippen LogP contribution in [0.25, 0.3) is 5.31 Å². The van der Waals surface area contributed by atoms with Crippen molar-refractivity contribution in [3.63, 3.8) is 0 Å². The van der Waals surface area contributed by atoms with Crippen molar-refractivity contribution >= 4 is 19.5 Å². The fourth-order valence-electron chi connectivity index (χ4n) is 1.37. The van der Waals surface area contributed by atoms with Gasteiger partial charge in [0, 0.05) is 24.1 Å². The Balaban J connectivity index is 0.000000980. The average molecular weight is 211 g/mol. The van der Waals surface area contributed by atoms with Crippen molar-refractivity contribution in [3.8, 4) is 0 Å². The van der Waals surface area contributed by atoms with Gasteiger partial charge < -0.3 is 10.0 Å². The van der Waals surface area contributed by atoms with Crippen molar-refractivity contribution in [1.82, 2.24) is 10.4 Å². The van der Waals surface area contributed by atoms with Crippen LogP contribution in [0.3, 0.4) is 0 Å². The maximum atomic E-state index is 10.9. The summed E-state index contributed by atoms with van der Waals surface area (Å²) in [6.45, 7) is 0. The Hall–Kier alpha value is -1.25. The fourth-order valence-corrected chi connectivity index (χ4v) is 2.02. The lowest BCUT2D eigenvalue weighted by atomic mass is 10.1. The Labute approximate surface area is 83.7 Å². The fraction of sp³-hybridized carbons (Fsp3) is 0.111. The molecule has 1 unspecified atom stereocenters. The zero-order valence-electron chi connectivity index (χ0n) is 7.77. The average Bonchev–Trinajstić information content (AvgIpc) is 2.16. The van der Waals surface area contributed by atoms with Gasteiger partial charge in [-0.1, -0.05) is 18.2 Å². The molecule has 14 heavy (non-hydrogen) atoms. The Morgan fingerprint density at radius 1 is 1.36 bits per heavy atom. The molecule has 1 aliphatic rings. The number of hydrogen-bond donors (Lipinski definition) is 0. The van der Waals surface area contributed by atoms with Crippen LogP contribution in [0.2, 0.25) is 0 Å². The zero-order chi connectivity index (χ0) is 9.26. The van der Waals surface area contributed by atoms with Crippen LogP contribution >= 0.6 is 8.46 Å². The third-order valence-corrected chi connectivity index (χ3v) is 2.65. The largest absolute Gasteiger partial charge is 0.412 e. The number of benzene rings is 1. The highest BCUT2D eigenvalue weighted by Crippen LogP contribution is 2.34. The molecule has 1 atom stereocenters. The molecule has 0 saturated carbocycles. The van der Waals surface area contributed by atoms with Gasteiger partial charge in [0.25, 0.3) is 0 Å². The van der Waals surface area contributed by atoms with Crippen LogP contribution in [0.4, 0.5) is 5.69 Å². The summed E-state index contributed by atoms with van der Waals surface area (Å²) in [5.74, 6) is 0. The monoisotopic (exact) mass is 211 g/mol. The van der Waals surface area contributed by atoms with Gasteiger partial charge in [0.15, 0.2) is 0 Å². The third-order valence-electron chi connectivity index (χ3n) is 1.93. The highest BCUT2D eigenvalue weighted by Gasteiger charge is 2.13. The van der Waals surface area contributed by atoms with Crippen molar-refractivity contribution in [2.45, 2.75) is 0 Å². The number of nitrogens with zero attached hydrogens (tertiary/aromatic N) is 2. The molecule has 0 fully saturated rings.